The lowest BCUT2D eigenvalue weighted by Crippen LogP contribution is -2.45. The summed E-state index contributed by atoms with van der Waals surface area (Å²) in [5.74, 6) is 1.57. The second-order valence-corrected chi connectivity index (χ2v) is 8.28. The molecule has 0 aromatic carbocycles. The van der Waals surface area contributed by atoms with E-state index in [9.17, 15) is 4.79 Å². The van der Waals surface area contributed by atoms with E-state index in [2.05, 4.69) is 21.9 Å². The van der Waals surface area contributed by atoms with Crippen LogP contribution < -0.4 is 4.90 Å². The summed E-state index contributed by atoms with van der Waals surface area (Å²) in [5, 5.41) is 0.494. The molecular weight excluding hydrogens is 354 g/mol. The molecule has 7 nitrogen and oxygen atoms in total. The fourth-order valence-electron chi connectivity index (χ4n) is 2.76. The predicted octanol–water partition coefficient (Wildman–Crippen LogP) is 3.79. The molecule has 144 valence electrons. The Kier molecular flexibility index (Phi) is 6.44. The number of likely N-dealkylation sites (tertiary alicyclic amines) is 1. The van der Waals surface area contributed by atoms with Gasteiger partial charge in [0, 0.05) is 39.3 Å². The average Bonchev–Trinajstić information content (AvgIpc) is 2.53. The van der Waals surface area contributed by atoms with Crippen molar-refractivity contribution >= 4 is 35.7 Å². The first-order valence-electron chi connectivity index (χ1n) is 8.79. The Labute approximate surface area is 160 Å². The lowest BCUT2D eigenvalue weighted by molar-refractivity contribution is 0.0152. The zero-order valence-electron chi connectivity index (χ0n) is 16.4. The number of hydrogen-bond acceptors (Lipinski definition) is 6. The summed E-state index contributed by atoms with van der Waals surface area (Å²) in [6.07, 6.45) is 4.03. The van der Waals surface area contributed by atoms with Crippen molar-refractivity contribution in [1.82, 2.24) is 14.9 Å². The molecule has 0 N–H and O–H groups in total. The molecule has 0 radical (unpaired) electrons. The highest BCUT2D eigenvalue weighted by Crippen LogP contribution is 2.25. The minimum atomic E-state index is -0.477. The molecule has 0 spiro atoms. The number of amides is 1. The average molecular weight is 382 g/mol. The first-order valence-corrected chi connectivity index (χ1v) is 9.16. The highest BCUT2D eigenvalue weighted by atomic mass is 35.5. The van der Waals surface area contributed by atoms with Crippen molar-refractivity contribution in [2.75, 3.05) is 32.1 Å². The largest absolute Gasteiger partial charge is 0.444 e. The normalized spacial score (nSPS) is 21.1. The fraction of sp³-hybridized carbons (Fsp3) is 0.667. The molecule has 1 fully saturated rings. The van der Waals surface area contributed by atoms with Crippen molar-refractivity contribution in [1.29, 1.82) is 0 Å². The molecule has 2 rings (SSSR count). The van der Waals surface area contributed by atoms with E-state index in [0.29, 0.717) is 29.9 Å². The van der Waals surface area contributed by atoms with Crippen molar-refractivity contribution in [3.63, 3.8) is 0 Å². The van der Waals surface area contributed by atoms with Gasteiger partial charge in [-0.1, -0.05) is 18.5 Å². The molecule has 0 bridgehead atoms. The monoisotopic (exact) mass is 381 g/mol. The van der Waals surface area contributed by atoms with Gasteiger partial charge in [0.05, 0.1) is 6.20 Å². The van der Waals surface area contributed by atoms with Crippen LogP contribution in [0.4, 0.5) is 16.6 Å². The molecule has 1 aromatic rings. The molecular formula is C18H28ClN5O2. The van der Waals surface area contributed by atoms with E-state index >= 15 is 0 Å². The van der Waals surface area contributed by atoms with Crippen molar-refractivity contribution in [2.24, 2.45) is 16.8 Å². The van der Waals surface area contributed by atoms with Gasteiger partial charge in [0.2, 0.25) is 0 Å². The van der Waals surface area contributed by atoms with Crippen LogP contribution in [0.2, 0.25) is 5.02 Å². The summed E-state index contributed by atoms with van der Waals surface area (Å²) in [7, 11) is 3.74. The smallest absolute Gasteiger partial charge is 0.410 e. The molecule has 8 heteroatoms. The number of ether oxygens (including phenoxy) is 1. The number of carbonyl (C=O) groups excluding carboxylic acids is 1. The lowest BCUT2D eigenvalue weighted by Gasteiger charge is -2.36. The van der Waals surface area contributed by atoms with Gasteiger partial charge in [-0.15, -0.1) is 0 Å². The second kappa shape index (κ2) is 8.20. The Hall–Kier alpha value is -1.89. The highest BCUT2D eigenvalue weighted by Gasteiger charge is 2.30. The van der Waals surface area contributed by atoms with Gasteiger partial charge >= 0.3 is 6.09 Å². The topological polar surface area (TPSA) is 70.9 Å². The van der Waals surface area contributed by atoms with Crippen LogP contribution in [0.1, 0.15) is 34.1 Å². The van der Waals surface area contributed by atoms with Gasteiger partial charge in [-0.2, -0.15) is 4.98 Å². The molecule has 1 saturated heterocycles. The standard InChI is InChI=1S/C18H28ClN5O2/c1-12-11-24(17(25)26-18(2,3)4)8-7-13(12)9-20-16-21-10-14(19)15(22-16)23(5)6/h9-10,12-13H,7-8,11H2,1-6H3/b20-9+. The van der Waals surface area contributed by atoms with E-state index in [1.807, 2.05) is 46.0 Å². The van der Waals surface area contributed by atoms with Gasteiger partial charge in [-0.05, 0) is 33.1 Å². The first-order chi connectivity index (χ1) is 12.1. The highest BCUT2D eigenvalue weighted by molar-refractivity contribution is 6.32. The maximum Gasteiger partial charge on any atom is 0.410 e. The Morgan fingerprint density at radius 3 is 2.73 bits per heavy atom. The third-order valence-electron chi connectivity index (χ3n) is 4.14. The molecule has 2 heterocycles. The van der Waals surface area contributed by atoms with Crippen LogP contribution in [0, 0.1) is 11.8 Å². The summed E-state index contributed by atoms with van der Waals surface area (Å²) in [5.41, 5.74) is -0.477. The van der Waals surface area contributed by atoms with Crippen LogP contribution in [0.3, 0.4) is 0 Å². The van der Waals surface area contributed by atoms with Crippen molar-refractivity contribution in [3.05, 3.63) is 11.2 Å². The number of anilines is 1. The predicted molar refractivity (Wildman–Crippen MR) is 105 cm³/mol. The van der Waals surface area contributed by atoms with Gasteiger partial charge < -0.3 is 14.5 Å². The number of rotatable bonds is 3. The van der Waals surface area contributed by atoms with Crippen LogP contribution in [-0.4, -0.2) is 60.0 Å². The number of aliphatic imine (C=N–C) groups is 1. The minimum Gasteiger partial charge on any atom is -0.444 e. The molecule has 1 aliphatic heterocycles. The zero-order valence-corrected chi connectivity index (χ0v) is 17.1. The summed E-state index contributed by atoms with van der Waals surface area (Å²) in [4.78, 5) is 28.8. The molecule has 26 heavy (non-hydrogen) atoms. The fourth-order valence-corrected chi connectivity index (χ4v) is 3.02. The third kappa shape index (κ3) is 5.56. The third-order valence-corrected chi connectivity index (χ3v) is 4.41. The van der Waals surface area contributed by atoms with E-state index < -0.39 is 5.60 Å². The van der Waals surface area contributed by atoms with E-state index in [-0.39, 0.29) is 17.9 Å². The number of aromatic nitrogens is 2. The van der Waals surface area contributed by atoms with E-state index in [4.69, 9.17) is 16.3 Å². The maximum atomic E-state index is 12.2. The summed E-state index contributed by atoms with van der Waals surface area (Å²) < 4.78 is 5.45. The Balaban J connectivity index is 1.99. The van der Waals surface area contributed by atoms with Gasteiger partial charge in [0.1, 0.15) is 10.6 Å². The summed E-state index contributed by atoms with van der Waals surface area (Å²) >= 11 is 6.09. The molecule has 2 atom stereocenters. The Morgan fingerprint density at radius 2 is 2.15 bits per heavy atom. The van der Waals surface area contributed by atoms with E-state index in [1.54, 1.807) is 11.1 Å². The molecule has 1 aliphatic rings. The molecule has 0 saturated carbocycles. The maximum absolute atomic E-state index is 12.2. The van der Waals surface area contributed by atoms with Crippen molar-refractivity contribution in [3.8, 4) is 0 Å². The van der Waals surface area contributed by atoms with Crippen LogP contribution in [0.5, 0.6) is 0 Å². The van der Waals surface area contributed by atoms with Crippen LogP contribution >= 0.6 is 11.6 Å². The zero-order chi connectivity index (χ0) is 19.5. The number of carbonyl (C=O) groups is 1. The Morgan fingerprint density at radius 1 is 1.46 bits per heavy atom. The van der Waals surface area contributed by atoms with Gasteiger partial charge in [0.15, 0.2) is 5.82 Å². The second-order valence-electron chi connectivity index (χ2n) is 7.87. The van der Waals surface area contributed by atoms with Gasteiger partial charge in [0.25, 0.3) is 5.95 Å². The SMILES string of the molecule is CC1CN(C(=O)OC(C)(C)C)CCC1/C=N/c1ncc(Cl)c(N(C)C)n1. The molecule has 0 aliphatic carbocycles. The number of hydrogen-bond donors (Lipinski definition) is 0. The van der Waals surface area contributed by atoms with Crippen LogP contribution in [0.25, 0.3) is 0 Å². The van der Waals surface area contributed by atoms with Gasteiger partial charge in [-0.25, -0.2) is 14.8 Å². The summed E-state index contributed by atoms with van der Waals surface area (Å²) in [6.45, 7) is 9.04. The van der Waals surface area contributed by atoms with Crippen LogP contribution in [0.15, 0.2) is 11.2 Å². The quantitative estimate of drug-likeness (QED) is 0.745. The molecule has 1 amide bonds. The van der Waals surface area contributed by atoms with Crippen molar-refractivity contribution < 1.29 is 9.53 Å². The van der Waals surface area contributed by atoms with Crippen LogP contribution in [-0.2, 0) is 4.74 Å². The van der Waals surface area contributed by atoms with Gasteiger partial charge in [-0.3, -0.25) is 0 Å². The first kappa shape index (κ1) is 20.4. The lowest BCUT2D eigenvalue weighted by atomic mass is 9.88. The Bertz CT molecular complexity index is 672. The molecule has 2 unspecified atom stereocenters. The number of nitrogens with zero attached hydrogens (tertiary/aromatic N) is 5. The van der Waals surface area contributed by atoms with E-state index in [1.165, 1.54) is 0 Å². The number of piperidine rings is 1. The minimum absolute atomic E-state index is 0.253. The van der Waals surface area contributed by atoms with E-state index in [0.717, 1.165) is 6.42 Å². The molecule has 1 aromatic heterocycles. The van der Waals surface area contributed by atoms with Crippen molar-refractivity contribution in [2.45, 2.75) is 39.7 Å². The number of halogens is 1. The summed E-state index contributed by atoms with van der Waals surface area (Å²) in [6, 6.07) is 0.